The fourth-order valence-electron chi connectivity index (χ4n) is 3.36. The first kappa shape index (κ1) is 24.8. The first-order chi connectivity index (χ1) is 15.6. The predicted octanol–water partition coefficient (Wildman–Crippen LogP) is 0.986. The Labute approximate surface area is 190 Å². The van der Waals surface area contributed by atoms with Crippen molar-refractivity contribution in [3.63, 3.8) is 0 Å². The highest BCUT2D eigenvalue weighted by atomic mass is 32.2. The van der Waals surface area contributed by atoms with E-state index >= 15 is 0 Å². The van der Waals surface area contributed by atoms with Crippen molar-refractivity contribution < 1.29 is 32.6 Å². The molecule has 10 nitrogen and oxygen atoms in total. The number of hydrogen-bond acceptors (Lipinski definition) is 9. The highest BCUT2D eigenvalue weighted by Gasteiger charge is 2.21. The summed E-state index contributed by atoms with van der Waals surface area (Å²) in [7, 11) is -0.968. The molecule has 0 saturated heterocycles. The lowest BCUT2D eigenvalue weighted by Gasteiger charge is -2.27. The number of sulfonamides is 1. The summed E-state index contributed by atoms with van der Waals surface area (Å²) in [5, 5.41) is 18.5. The van der Waals surface area contributed by atoms with Crippen LogP contribution in [0.5, 0.6) is 0 Å². The minimum atomic E-state index is -3.75. The van der Waals surface area contributed by atoms with Crippen LogP contribution in [0.3, 0.4) is 0 Å². The third-order valence-corrected chi connectivity index (χ3v) is 7.03. The molecule has 1 atom stereocenters. The van der Waals surface area contributed by atoms with Gasteiger partial charge in [0.2, 0.25) is 15.5 Å². The van der Waals surface area contributed by atoms with E-state index in [1.54, 1.807) is 11.8 Å². The number of aliphatic hydroxyl groups excluding tert-OH is 2. The minimum Gasteiger partial charge on any atom is -0.456 e. The van der Waals surface area contributed by atoms with Crippen LogP contribution in [0.4, 0.5) is 0 Å². The second kappa shape index (κ2) is 9.98. The molecule has 1 aromatic heterocycles. The van der Waals surface area contributed by atoms with E-state index in [-0.39, 0.29) is 58.7 Å². The van der Waals surface area contributed by atoms with E-state index in [1.165, 1.54) is 50.5 Å². The fraction of sp³-hybridized carbons (Fsp3) is 0.364. The van der Waals surface area contributed by atoms with Crippen molar-refractivity contribution >= 4 is 37.9 Å². The Morgan fingerprint density at radius 3 is 2.18 bits per heavy atom. The van der Waals surface area contributed by atoms with Gasteiger partial charge in [-0.15, -0.1) is 0 Å². The molecule has 0 bridgehead atoms. The highest BCUT2D eigenvalue weighted by molar-refractivity contribution is 7.89. The number of hydrogen-bond donors (Lipinski definition) is 2. The zero-order valence-electron chi connectivity index (χ0n) is 18.5. The monoisotopic (exact) mass is 478 g/mol. The maximum absolute atomic E-state index is 13.1. The van der Waals surface area contributed by atoms with Gasteiger partial charge in [-0.25, -0.2) is 17.5 Å². The molecule has 3 aromatic rings. The van der Waals surface area contributed by atoms with Crippen molar-refractivity contribution in [2.24, 2.45) is 0 Å². The number of aliphatic hydroxyl groups is 2. The molecule has 3 rings (SSSR count). The average Bonchev–Trinajstić information content (AvgIpc) is 2.78. The molecule has 0 saturated carbocycles. The van der Waals surface area contributed by atoms with Crippen molar-refractivity contribution in [3.05, 3.63) is 52.2 Å². The first-order valence-corrected chi connectivity index (χ1v) is 11.6. The number of carbonyl (C=O) groups excluding carboxylic acids is 1. The van der Waals surface area contributed by atoms with Crippen LogP contribution in [0.25, 0.3) is 21.9 Å². The van der Waals surface area contributed by atoms with Crippen molar-refractivity contribution in [3.8, 4) is 0 Å². The van der Waals surface area contributed by atoms with Gasteiger partial charge in [0.1, 0.15) is 11.2 Å². The zero-order valence-corrected chi connectivity index (χ0v) is 19.3. The summed E-state index contributed by atoms with van der Waals surface area (Å²) in [6.45, 7) is 1.69. The van der Waals surface area contributed by atoms with E-state index < -0.39 is 27.6 Å². The Bertz CT molecular complexity index is 1330. The van der Waals surface area contributed by atoms with E-state index in [0.717, 1.165) is 4.31 Å². The summed E-state index contributed by atoms with van der Waals surface area (Å²) in [5.74, 6) is -0.700. The third kappa shape index (κ3) is 5.07. The lowest BCUT2D eigenvalue weighted by Crippen LogP contribution is -2.40. The predicted molar refractivity (Wildman–Crippen MR) is 121 cm³/mol. The van der Waals surface area contributed by atoms with Crippen LogP contribution in [0.15, 0.2) is 50.5 Å². The molecule has 11 heteroatoms. The number of fused-ring (bicyclic) bond motifs is 2. The smallest absolute Gasteiger partial charge is 0.339 e. The Morgan fingerprint density at radius 1 is 1.03 bits per heavy atom. The van der Waals surface area contributed by atoms with Crippen LogP contribution in [-0.4, -0.2) is 80.4 Å². The van der Waals surface area contributed by atoms with Crippen molar-refractivity contribution in [2.45, 2.75) is 18.0 Å². The topological polar surface area (TPSA) is 138 Å². The van der Waals surface area contributed by atoms with Gasteiger partial charge in [0.05, 0.1) is 34.4 Å². The van der Waals surface area contributed by atoms with Gasteiger partial charge in [0.25, 0.3) is 0 Å². The summed E-state index contributed by atoms with van der Waals surface area (Å²) < 4.78 is 37.1. The Kier molecular flexibility index (Phi) is 7.50. The van der Waals surface area contributed by atoms with E-state index in [4.69, 9.17) is 19.4 Å². The molecule has 0 radical (unpaired) electrons. The van der Waals surface area contributed by atoms with E-state index in [2.05, 4.69) is 0 Å². The molecule has 0 spiro atoms. The van der Waals surface area contributed by atoms with Crippen LogP contribution in [0.2, 0.25) is 0 Å². The van der Waals surface area contributed by atoms with E-state index in [9.17, 15) is 18.0 Å². The van der Waals surface area contributed by atoms with Gasteiger partial charge in [-0.2, -0.15) is 0 Å². The summed E-state index contributed by atoms with van der Waals surface area (Å²) in [4.78, 5) is 27.3. The summed E-state index contributed by atoms with van der Waals surface area (Å²) in [6.07, 6.45) is -0.723. The van der Waals surface area contributed by atoms with Crippen molar-refractivity contribution in [2.75, 3.05) is 40.4 Å². The van der Waals surface area contributed by atoms with Crippen LogP contribution in [-0.2, 0) is 14.8 Å². The lowest BCUT2D eigenvalue weighted by molar-refractivity contribution is -0.0331. The summed E-state index contributed by atoms with van der Waals surface area (Å²) >= 11 is 0. The average molecular weight is 479 g/mol. The van der Waals surface area contributed by atoms with Crippen LogP contribution >= 0.6 is 0 Å². The molecule has 178 valence electrons. The summed E-state index contributed by atoms with van der Waals surface area (Å²) in [6, 6.07) is 8.31. The second-order valence-electron chi connectivity index (χ2n) is 7.58. The Hall–Kier alpha value is -2.83. The third-order valence-electron chi connectivity index (χ3n) is 5.22. The number of carbonyl (C=O) groups is 1. The normalized spacial score (nSPS) is 13.2. The molecular formula is C22H26N2O8S. The van der Waals surface area contributed by atoms with Gasteiger partial charge in [-0.05, 0) is 43.3 Å². The van der Waals surface area contributed by atoms with Crippen LogP contribution < -0.4 is 5.43 Å². The molecule has 33 heavy (non-hydrogen) atoms. The zero-order chi connectivity index (χ0) is 24.3. The fourth-order valence-corrected chi connectivity index (χ4v) is 4.29. The standard InChI is InChI=1S/C22H26N2O8S/c1-14(24(8-10-25)9-11-26)31-22(28)15-4-6-19-17(12-15)21(27)18-13-16(5-7-20(18)32-19)33(29,30)23(2)3/h4-7,12-14,25-26H,8-11H2,1-3H3. The second-order valence-corrected chi connectivity index (χ2v) is 9.73. The number of esters is 1. The molecule has 0 aliphatic heterocycles. The molecule has 0 aliphatic carbocycles. The number of ether oxygens (including phenoxy) is 1. The molecule has 2 N–H and O–H groups in total. The Morgan fingerprint density at radius 2 is 1.61 bits per heavy atom. The van der Waals surface area contributed by atoms with E-state index in [1.807, 2.05) is 0 Å². The molecule has 2 aromatic carbocycles. The molecule has 0 amide bonds. The molecule has 0 aliphatic rings. The maximum atomic E-state index is 13.1. The molecule has 1 unspecified atom stereocenters. The van der Waals surface area contributed by atoms with Gasteiger partial charge in [-0.3, -0.25) is 9.69 Å². The quantitative estimate of drug-likeness (QED) is 0.262. The number of nitrogens with zero attached hydrogens (tertiary/aromatic N) is 2. The lowest BCUT2D eigenvalue weighted by atomic mass is 10.1. The number of benzene rings is 2. The Balaban J connectivity index is 2.01. The number of rotatable bonds is 9. The van der Waals surface area contributed by atoms with Gasteiger partial charge in [0, 0.05) is 27.2 Å². The van der Waals surface area contributed by atoms with E-state index in [0.29, 0.717) is 0 Å². The SMILES string of the molecule is CC(OC(=O)c1ccc2oc3ccc(S(=O)(=O)N(C)C)cc3c(=O)c2c1)N(CCO)CCO. The maximum Gasteiger partial charge on any atom is 0.339 e. The van der Waals surface area contributed by atoms with Gasteiger partial charge in [-0.1, -0.05) is 0 Å². The van der Waals surface area contributed by atoms with Gasteiger partial charge < -0.3 is 19.4 Å². The van der Waals surface area contributed by atoms with Gasteiger partial charge in [0.15, 0.2) is 6.23 Å². The largest absolute Gasteiger partial charge is 0.456 e. The molecule has 1 heterocycles. The minimum absolute atomic E-state index is 0.0519. The summed E-state index contributed by atoms with van der Waals surface area (Å²) in [5.41, 5.74) is 0.0817. The van der Waals surface area contributed by atoms with Crippen LogP contribution in [0.1, 0.15) is 17.3 Å². The van der Waals surface area contributed by atoms with Crippen molar-refractivity contribution in [1.29, 1.82) is 0 Å². The van der Waals surface area contributed by atoms with Gasteiger partial charge >= 0.3 is 5.97 Å². The highest BCUT2D eigenvalue weighted by Crippen LogP contribution is 2.24. The van der Waals surface area contributed by atoms with Crippen molar-refractivity contribution in [1.82, 2.24) is 9.21 Å². The first-order valence-electron chi connectivity index (χ1n) is 10.2. The van der Waals surface area contributed by atoms with Crippen LogP contribution in [0, 0.1) is 0 Å². The molecular weight excluding hydrogens is 452 g/mol. The molecule has 0 fully saturated rings.